The standard InChI is InChI=1S/C6H11N5O2/c1-11(2)6(10-12-3)4-5(7)9-13-8-4/h1-3H3,(H2,7,9). The fourth-order valence-corrected chi connectivity index (χ4v) is 0.774. The summed E-state index contributed by atoms with van der Waals surface area (Å²) in [4.78, 5) is 6.32. The third-order valence-corrected chi connectivity index (χ3v) is 1.33. The highest BCUT2D eigenvalue weighted by Crippen LogP contribution is 2.07. The van der Waals surface area contributed by atoms with Crippen molar-refractivity contribution < 1.29 is 9.47 Å². The van der Waals surface area contributed by atoms with Crippen molar-refractivity contribution in [3.63, 3.8) is 0 Å². The Morgan fingerprint density at radius 1 is 1.54 bits per heavy atom. The van der Waals surface area contributed by atoms with Crippen LogP contribution in [0.4, 0.5) is 5.82 Å². The Hall–Kier alpha value is -1.79. The third-order valence-electron chi connectivity index (χ3n) is 1.33. The Morgan fingerprint density at radius 3 is 2.62 bits per heavy atom. The molecule has 0 saturated carbocycles. The summed E-state index contributed by atoms with van der Waals surface area (Å²) >= 11 is 0. The maximum Gasteiger partial charge on any atom is 0.201 e. The first-order valence-electron chi connectivity index (χ1n) is 3.53. The maximum absolute atomic E-state index is 5.48. The molecule has 7 nitrogen and oxygen atoms in total. The molecule has 0 fully saturated rings. The van der Waals surface area contributed by atoms with E-state index in [0.717, 1.165) is 0 Å². The van der Waals surface area contributed by atoms with E-state index < -0.39 is 0 Å². The van der Waals surface area contributed by atoms with Crippen LogP contribution in [0.5, 0.6) is 0 Å². The van der Waals surface area contributed by atoms with Crippen LogP contribution < -0.4 is 5.73 Å². The second kappa shape index (κ2) is 3.74. The molecule has 2 N–H and O–H groups in total. The molecule has 1 aromatic rings. The van der Waals surface area contributed by atoms with Crippen molar-refractivity contribution in [1.82, 2.24) is 15.2 Å². The molecule has 13 heavy (non-hydrogen) atoms. The summed E-state index contributed by atoms with van der Waals surface area (Å²) in [6.45, 7) is 0. The van der Waals surface area contributed by atoms with Gasteiger partial charge in [-0.15, -0.1) is 0 Å². The number of anilines is 1. The number of rotatable bonds is 2. The zero-order valence-electron chi connectivity index (χ0n) is 7.68. The quantitative estimate of drug-likeness (QED) is 0.380. The number of nitrogen functional groups attached to an aromatic ring is 1. The summed E-state index contributed by atoms with van der Waals surface area (Å²) in [7, 11) is 5.01. The van der Waals surface area contributed by atoms with E-state index in [1.54, 1.807) is 19.0 Å². The molecule has 0 radical (unpaired) electrons. The normalized spacial score (nSPS) is 11.5. The highest BCUT2D eigenvalue weighted by Gasteiger charge is 2.16. The van der Waals surface area contributed by atoms with Crippen molar-refractivity contribution in [1.29, 1.82) is 0 Å². The van der Waals surface area contributed by atoms with Gasteiger partial charge in [0.05, 0.1) is 0 Å². The lowest BCUT2D eigenvalue weighted by atomic mass is 10.4. The molecule has 0 saturated heterocycles. The molecule has 1 aromatic heterocycles. The number of amidine groups is 1. The third kappa shape index (κ3) is 1.86. The molecule has 1 heterocycles. The number of nitrogens with zero attached hydrogens (tertiary/aromatic N) is 4. The summed E-state index contributed by atoms with van der Waals surface area (Å²) in [5, 5.41) is 10.8. The van der Waals surface area contributed by atoms with Crippen molar-refractivity contribution in [2.75, 3.05) is 26.9 Å². The van der Waals surface area contributed by atoms with E-state index in [1.165, 1.54) is 7.11 Å². The average molecular weight is 185 g/mol. The number of aromatic nitrogens is 2. The lowest BCUT2D eigenvalue weighted by Gasteiger charge is -2.11. The van der Waals surface area contributed by atoms with E-state index in [1.807, 2.05) is 0 Å². The van der Waals surface area contributed by atoms with Crippen LogP contribution >= 0.6 is 0 Å². The largest absolute Gasteiger partial charge is 0.397 e. The predicted octanol–water partition coefficient (Wildman–Crippen LogP) is -0.479. The second-order valence-electron chi connectivity index (χ2n) is 2.49. The van der Waals surface area contributed by atoms with Gasteiger partial charge in [0.2, 0.25) is 5.84 Å². The van der Waals surface area contributed by atoms with Gasteiger partial charge in [0.25, 0.3) is 0 Å². The molecule has 0 unspecified atom stereocenters. The smallest absolute Gasteiger partial charge is 0.201 e. The van der Waals surface area contributed by atoms with Gasteiger partial charge in [0, 0.05) is 14.1 Å². The molecule has 1 rings (SSSR count). The Bertz CT molecular complexity index is 306. The Labute approximate surface area is 75.1 Å². The van der Waals surface area contributed by atoms with Gasteiger partial charge < -0.3 is 15.5 Å². The number of oxime groups is 1. The fourth-order valence-electron chi connectivity index (χ4n) is 0.774. The van der Waals surface area contributed by atoms with Crippen LogP contribution in [-0.4, -0.2) is 42.3 Å². The molecule has 0 aromatic carbocycles. The monoisotopic (exact) mass is 185 g/mol. The molecule has 0 amide bonds. The number of nitrogens with two attached hydrogens (primary N) is 1. The van der Waals surface area contributed by atoms with Crippen LogP contribution in [0.15, 0.2) is 9.78 Å². The van der Waals surface area contributed by atoms with Gasteiger partial charge in [-0.3, -0.25) is 0 Å². The first-order valence-corrected chi connectivity index (χ1v) is 3.53. The zero-order valence-corrected chi connectivity index (χ0v) is 7.68. The van der Waals surface area contributed by atoms with Crippen molar-refractivity contribution in [3.8, 4) is 0 Å². The van der Waals surface area contributed by atoms with Gasteiger partial charge >= 0.3 is 0 Å². The molecule has 0 aliphatic heterocycles. The molecule has 0 aliphatic rings. The van der Waals surface area contributed by atoms with Crippen molar-refractivity contribution in [3.05, 3.63) is 5.69 Å². The average Bonchev–Trinajstić information content (AvgIpc) is 2.47. The summed E-state index contributed by atoms with van der Waals surface area (Å²) in [5.74, 6) is 0.644. The molecule has 0 spiro atoms. The summed E-state index contributed by atoms with van der Waals surface area (Å²) in [6.07, 6.45) is 0. The second-order valence-corrected chi connectivity index (χ2v) is 2.49. The molecule has 72 valence electrons. The van der Waals surface area contributed by atoms with Crippen LogP contribution in [0, 0.1) is 0 Å². The van der Waals surface area contributed by atoms with Crippen molar-refractivity contribution in [2.45, 2.75) is 0 Å². The van der Waals surface area contributed by atoms with E-state index in [0.29, 0.717) is 11.5 Å². The highest BCUT2D eigenvalue weighted by atomic mass is 16.6. The molecule has 0 atom stereocenters. The Morgan fingerprint density at radius 2 is 2.23 bits per heavy atom. The first-order chi connectivity index (χ1) is 6.16. The van der Waals surface area contributed by atoms with Crippen molar-refractivity contribution >= 4 is 11.7 Å². The number of hydrogen-bond acceptors (Lipinski definition) is 6. The van der Waals surface area contributed by atoms with Gasteiger partial charge in [0.15, 0.2) is 11.5 Å². The Balaban J connectivity index is 3.03. The molecular formula is C6H11N5O2. The SMILES string of the molecule is CON=C(c1nonc1N)N(C)C. The summed E-state index contributed by atoms with van der Waals surface area (Å²) < 4.78 is 4.43. The maximum atomic E-state index is 5.48. The van der Waals surface area contributed by atoms with Gasteiger partial charge in [-0.05, 0) is 10.3 Å². The lowest BCUT2D eigenvalue weighted by molar-refractivity contribution is 0.208. The van der Waals surface area contributed by atoms with E-state index in [4.69, 9.17) is 5.73 Å². The van der Waals surface area contributed by atoms with Crippen LogP contribution in [0.3, 0.4) is 0 Å². The topological polar surface area (TPSA) is 89.8 Å². The number of hydrogen-bond donors (Lipinski definition) is 1. The molecule has 0 bridgehead atoms. The minimum absolute atomic E-state index is 0.185. The van der Waals surface area contributed by atoms with Gasteiger partial charge in [-0.25, -0.2) is 4.63 Å². The van der Waals surface area contributed by atoms with E-state index in [9.17, 15) is 0 Å². The molecule has 7 heteroatoms. The summed E-state index contributed by atoms with van der Waals surface area (Å²) in [5.41, 5.74) is 5.85. The van der Waals surface area contributed by atoms with Crippen LogP contribution in [0.25, 0.3) is 0 Å². The fraction of sp³-hybridized carbons (Fsp3) is 0.500. The molecular weight excluding hydrogens is 174 g/mol. The van der Waals surface area contributed by atoms with Crippen LogP contribution in [0.1, 0.15) is 5.69 Å². The van der Waals surface area contributed by atoms with Crippen LogP contribution in [0.2, 0.25) is 0 Å². The van der Waals surface area contributed by atoms with E-state index >= 15 is 0 Å². The van der Waals surface area contributed by atoms with E-state index in [-0.39, 0.29) is 5.82 Å². The Kier molecular flexibility index (Phi) is 2.68. The van der Waals surface area contributed by atoms with Gasteiger partial charge in [-0.1, -0.05) is 5.16 Å². The van der Waals surface area contributed by atoms with Gasteiger partial charge in [-0.2, -0.15) is 0 Å². The highest BCUT2D eigenvalue weighted by molar-refractivity contribution is 5.99. The zero-order chi connectivity index (χ0) is 9.84. The predicted molar refractivity (Wildman–Crippen MR) is 45.9 cm³/mol. The minimum atomic E-state index is 0.185. The first kappa shape index (κ1) is 9.30. The van der Waals surface area contributed by atoms with Crippen LogP contribution in [-0.2, 0) is 4.84 Å². The lowest BCUT2D eigenvalue weighted by Crippen LogP contribution is -2.24. The summed E-state index contributed by atoms with van der Waals surface area (Å²) in [6, 6.07) is 0. The van der Waals surface area contributed by atoms with Gasteiger partial charge in [0.1, 0.15) is 7.11 Å². The van der Waals surface area contributed by atoms with Crippen molar-refractivity contribution in [2.24, 2.45) is 5.16 Å². The van der Waals surface area contributed by atoms with E-state index in [2.05, 4.69) is 24.9 Å². The molecule has 0 aliphatic carbocycles. The minimum Gasteiger partial charge on any atom is -0.397 e.